The molecule has 1 amide bonds. The molecule has 0 aliphatic carbocycles. The maximum Gasteiger partial charge on any atom is 0.306 e. The lowest BCUT2D eigenvalue weighted by Crippen LogP contribution is -2.23. The van der Waals surface area contributed by atoms with Gasteiger partial charge in [0.2, 0.25) is 0 Å². The summed E-state index contributed by atoms with van der Waals surface area (Å²) in [5, 5.41) is 12.3. The molecule has 0 bridgehead atoms. The molecule has 1 atom stereocenters. The van der Waals surface area contributed by atoms with E-state index >= 15 is 0 Å². The van der Waals surface area contributed by atoms with Crippen molar-refractivity contribution in [3.05, 3.63) is 95.1 Å². The van der Waals surface area contributed by atoms with E-state index in [9.17, 15) is 14.7 Å². The minimum atomic E-state index is -0.771. The van der Waals surface area contributed by atoms with Gasteiger partial charge in [-0.3, -0.25) is 9.59 Å². The smallest absolute Gasteiger partial charge is 0.306 e. The molecule has 0 fully saturated rings. The predicted molar refractivity (Wildman–Crippen MR) is 119 cm³/mol. The minimum absolute atomic E-state index is 0.128. The molecule has 0 saturated carbocycles. The van der Waals surface area contributed by atoms with Crippen molar-refractivity contribution in [2.24, 2.45) is 5.92 Å². The summed E-state index contributed by atoms with van der Waals surface area (Å²) in [6.07, 6.45) is 1.09. The predicted octanol–water partition coefficient (Wildman–Crippen LogP) is 5.25. The van der Waals surface area contributed by atoms with Crippen molar-refractivity contribution in [1.29, 1.82) is 0 Å². The fraction of sp³-hybridized carbons (Fsp3) is 0.231. The van der Waals surface area contributed by atoms with Gasteiger partial charge in [-0.2, -0.15) is 0 Å². The van der Waals surface area contributed by atoms with E-state index in [2.05, 4.69) is 5.32 Å². The second-order valence-electron chi connectivity index (χ2n) is 7.53. The van der Waals surface area contributed by atoms with Crippen LogP contribution in [0.2, 0.25) is 0 Å². The first kappa shape index (κ1) is 21.3. The molecule has 0 aromatic heterocycles. The number of benzene rings is 3. The third kappa shape index (κ3) is 5.35. The molecule has 0 aliphatic rings. The van der Waals surface area contributed by atoms with Crippen molar-refractivity contribution >= 4 is 11.9 Å². The Balaban J connectivity index is 1.65. The molecule has 30 heavy (non-hydrogen) atoms. The molecule has 0 heterocycles. The fourth-order valence-electron chi connectivity index (χ4n) is 3.46. The summed E-state index contributed by atoms with van der Waals surface area (Å²) < 4.78 is 0. The average Bonchev–Trinajstić information content (AvgIpc) is 2.77. The standard InChI is InChI=1S/C26H27NO3/c1-3-20(26(29)30)15-19-10-9-18(2)24(16-19)17-27-25(28)23-13-11-22(12-14-23)21-7-5-4-6-8-21/h4-14,16,20H,3,15,17H2,1-2H3,(H,27,28)(H,29,30). The van der Waals surface area contributed by atoms with Gasteiger partial charge >= 0.3 is 5.97 Å². The molecule has 3 rings (SSSR count). The van der Waals surface area contributed by atoms with Crippen molar-refractivity contribution in [3.8, 4) is 11.1 Å². The van der Waals surface area contributed by atoms with Gasteiger partial charge in [0.25, 0.3) is 5.91 Å². The van der Waals surface area contributed by atoms with Crippen LogP contribution in [0.25, 0.3) is 11.1 Å². The SMILES string of the molecule is CCC(Cc1ccc(C)c(CNC(=O)c2ccc(-c3ccccc3)cc2)c1)C(=O)O. The lowest BCUT2D eigenvalue weighted by atomic mass is 9.94. The molecule has 0 aliphatic heterocycles. The van der Waals surface area contributed by atoms with Gasteiger partial charge in [-0.05, 0) is 59.7 Å². The van der Waals surface area contributed by atoms with Gasteiger partial charge in [-0.25, -0.2) is 0 Å². The molecule has 154 valence electrons. The summed E-state index contributed by atoms with van der Waals surface area (Å²) in [6.45, 7) is 4.29. The molecule has 0 radical (unpaired) electrons. The Kier molecular flexibility index (Phi) is 7.02. The van der Waals surface area contributed by atoms with Gasteiger partial charge in [-0.1, -0.05) is 67.6 Å². The molecule has 1 unspecified atom stereocenters. The van der Waals surface area contributed by atoms with Crippen LogP contribution in [0.15, 0.2) is 72.8 Å². The van der Waals surface area contributed by atoms with Gasteiger partial charge in [0.05, 0.1) is 5.92 Å². The topological polar surface area (TPSA) is 66.4 Å². The van der Waals surface area contributed by atoms with Crippen LogP contribution in [0.1, 0.15) is 40.4 Å². The summed E-state index contributed by atoms with van der Waals surface area (Å²) in [4.78, 5) is 23.9. The highest BCUT2D eigenvalue weighted by Gasteiger charge is 2.16. The van der Waals surface area contributed by atoms with Crippen LogP contribution in [0.3, 0.4) is 0 Å². The number of amides is 1. The van der Waals surface area contributed by atoms with Gasteiger partial charge in [-0.15, -0.1) is 0 Å². The lowest BCUT2D eigenvalue weighted by Gasteiger charge is -2.13. The lowest BCUT2D eigenvalue weighted by molar-refractivity contribution is -0.141. The van der Waals surface area contributed by atoms with Gasteiger partial charge in [0.15, 0.2) is 0 Å². The molecule has 0 saturated heterocycles. The Labute approximate surface area is 177 Å². The van der Waals surface area contributed by atoms with E-state index in [0.717, 1.165) is 27.8 Å². The van der Waals surface area contributed by atoms with Crippen LogP contribution < -0.4 is 5.32 Å². The van der Waals surface area contributed by atoms with E-state index in [1.807, 2.05) is 86.6 Å². The Bertz CT molecular complexity index is 1010. The Morgan fingerprint density at radius 2 is 1.60 bits per heavy atom. The summed E-state index contributed by atoms with van der Waals surface area (Å²) in [5.74, 6) is -1.29. The maximum atomic E-state index is 12.6. The average molecular weight is 402 g/mol. The molecule has 2 N–H and O–H groups in total. The minimum Gasteiger partial charge on any atom is -0.481 e. The number of hydrogen-bond donors (Lipinski definition) is 2. The van der Waals surface area contributed by atoms with Crippen molar-refractivity contribution < 1.29 is 14.7 Å². The number of nitrogens with one attached hydrogen (secondary N) is 1. The van der Waals surface area contributed by atoms with Crippen LogP contribution >= 0.6 is 0 Å². The second kappa shape index (κ2) is 9.88. The second-order valence-corrected chi connectivity index (χ2v) is 7.53. The third-order valence-electron chi connectivity index (χ3n) is 5.43. The van der Waals surface area contributed by atoms with Crippen LogP contribution in [0, 0.1) is 12.8 Å². The zero-order valence-corrected chi connectivity index (χ0v) is 17.4. The highest BCUT2D eigenvalue weighted by Crippen LogP contribution is 2.20. The number of carboxylic acids is 1. The summed E-state index contributed by atoms with van der Waals surface area (Å²) >= 11 is 0. The zero-order chi connectivity index (χ0) is 21.5. The summed E-state index contributed by atoms with van der Waals surface area (Å²) in [6, 6.07) is 23.6. The monoisotopic (exact) mass is 401 g/mol. The highest BCUT2D eigenvalue weighted by molar-refractivity contribution is 5.94. The highest BCUT2D eigenvalue weighted by atomic mass is 16.4. The van der Waals surface area contributed by atoms with Gasteiger partial charge in [0.1, 0.15) is 0 Å². The van der Waals surface area contributed by atoms with Crippen molar-refractivity contribution in [2.45, 2.75) is 33.2 Å². The van der Waals surface area contributed by atoms with Gasteiger partial charge < -0.3 is 10.4 Å². The Hall–Kier alpha value is -3.40. The third-order valence-corrected chi connectivity index (χ3v) is 5.43. The number of carbonyl (C=O) groups is 2. The van der Waals surface area contributed by atoms with Crippen molar-refractivity contribution in [2.75, 3.05) is 0 Å². The fourth-order valence-corrected chi connectivity index (χ4v) is 3.46. The van der Waals surface area contributed by atoms with E-state index in [1.54, 1.807) is 0 Å². The largest absolute Gasteiger partial charge is 0.481 e. The van der Waals surface area contributed by atoms with Crippen LogP contribution in [0.5, 0.6) is 0 Å². The summed E-state index contributed by atoms with van der Waals surface area (Å²) in [5.41, 5.74) is 5.85. The van der Waals surface area contributed by atoms with Crippen molar-refractivity contribution in [1.82, 2.24) is 5.32 Å². The summed E-state index contributed by atoms with van der Waals surface area (Å²) in [7, 11) is 0. The molecule has 3 aromatic carbocycles. The maximum absolute atomic E-state index is 12.6. The van der Waals surface area contributed by atoms with E-state index in [-0.39, 0.29) is 5.91 Å². The number of aryl methyl sites for hydroxylation is 1. The van der Waals surface area contributed by atoms with Crippen molar-refractivity contribution in [3.63, 3.8) is 0 Å². The van der Waals surface area contributed by atoms with Crippen LogP contribution in [0.4, 0.5) is 0 Å². The number of rotatable bonds is 8. The first-order valence-electron chi connectivity index (χ1n) is 10.2. The van der Waals surface area contributed by atoms with Crippen LogP contribution in [-0.2, 0) is 17.8 Å². The zero-order valence-electron chi connectivity index (χ0n) is 17.4. The molecular weight excluding hydrogens is 374 g/mol. The van der Waals surface area contributed by atoms with Gasteiger partial charge in [0, 0.05) is 12.1 Å². The number of carboxylic acid groups (broad SMARTS) is 1. The number of aliphatic carboxylic acids is 1. The first-order chi connectivity index (χ1) is 14.5. The normalized spacial score (nSPS) is 11.7. The quantitative estimate of drug-likeness (QED) is 0.542. The number of carbonyl (C=O) groups excluding carboxylic acids is 1. The molecule has 4 heteroatoms. The molecular formula is C26H27NO3. The van der Waals surface area contributed by atoms with Crippen LogP contribution in [-0.4, -0.2) is 17.0 Å². The van der Waals surface area contributed by atoms with E-state index in [1.165, 1.54) is 0 Å². The number of hydrogen-bond acceptors (Lipinski definition) is 2. The molecule has 0 spiro atoms. The Morgan fingerprint density at radius 1 is 0.933 bits per heavy atom. The molecule has 3 aromatic rings. The van der Waals surface area contributed by atoms with E-state index in [4.69, 9.17) is 0 Å². The Morgan fingerprint density at radius 3 is 2.23 bits per heavy atom. The molecule has 4 nitrogen and oxygen atoms in total. The first-order valence-corrected chi connectivity index (χ1v) is 10.2. The van der Waals surface area contributed by atoms with E-state index < -0.39 is 11.9 Å². The van der Waals surface area contributed by atoms with E-state index in [0.29, 0.717) is 24.9 Å².